The van der Waals surface area contributed by atoms with E-state index < -0.39 is 10.0 Å². The van der Waals surface area contributed by atoms with E-state index in [1.54, 1.807) is 4.31 Å². The van der Waals surface area contributed by atoms with Crippen LogP contribution in [0.25, 0.3) is 0 Å². The Morgan fingerprint density at radius 1 is 0.962 bits per heavy atom. The third-order valence-electron chi connectivity index (χ3n) is 4.89. The molecular formula is C20H25FN2O2S. The highest BCUT2D eigenvalue weighted by Gasteiger charge is 2.27. The molecule has 140 valence electrons. The number of hydrogen-bond donors (Lipinski definition) is 0. The van der Waals surface area contributed by atoms with Crippen molar-refractivity contribution in [3.63, 3.8) is 0 Å². The smallest absolute Gasteiger partial charge is 0.218 e. The number of sulfonamides is 1. The topological polar surface area (TPSA) is 40.6 Å². The first-order valence-corrected chi connectivity index (χ1v) is 10.5. The molecule has 2 aromatic rings. The molecule has 1 fully saturated rings. The fourth-order valence-electron chi connectivity index (χ4n) is 3.26. The zero-order chi connectivity index (χ0) is 18.7. The largest absolute Gasteiger partial charge is 0.296 e. The summed E-state index contributed by atoms with van der Waals surface area (Å²) >= 11 is 0. The molecule has 0 bridgehead atoms. The highest BCUT2D eigenvalue weighted by atomic mass is 32.2. The molecule has 2 aromatic carbocycles. The number of benzene rings is 2. The molecule has 0 aromatic heterocycles. The molecule has 3 rings (SSSR count). The zero-order valence-corrected chi connectivity index (χ0v) is 16.1. The number of halogens is 1. The maximum Gasteiger partial charge on any atom is 0.218 e. The van der Waals surface area contributed by atoms with Gasteiger partial charge in [-0.05, 0) is 42.7 Å². The Hall–Kier alpha value is -1.76. The number of nitrogens with zero attached hydrogens (tertiary/aromatic N) is 2. The molecule has 1 heterocycles. The fraction of sp³-hybridized carbons (Fsp3) is 0.400. The minimum absolute atomic E-state index is 0.0791. The van der Waals surface area contributed by atoms with Gasteiger partial charge in [-0.2, -0.15) is 4.31 Å². The Morgan fingerprint density at radius 2 is 1.62 bits per heavy atom. The molecule has 0 aliphatic carbocycles. The molecule has 0 saturated carbocycles. The van der Waals surface area contributed by atoms with E-state index in [9.17, 15) is 12.8 Å². The van der Waals surface area contributed by atoms with Crippen LogP contribution in [-0.4, -0.2) is 43.8 Å². The summed E-state index contributed by atoms with van der Waals surface area (Å²) in [6.07, 6.45) is 0. The van der Waals surface area contributed by atoms with E-state index in [1.807, 2.05) is 0 Å². The molecule has 6 heteroatoms. The molecule has 0 N–H and O–H groups in total. The van der Waals surface area contributed by atoms with Crippen LogP contribution in [0.4, 0.5) is 4.39 Å². The summed E-state index contributed by atoms with van der Waals surface area (Å²) < 4.78 is 39.8. The van der Waals surface area contributed by atoms with Gasteiger partial charge in [0.05, 0.1) is 5.75 Å². The summed E-state index contributed by atoms with van der Waals surface area (Å²) in [5, 5.41) is 0. The first kappa shape index (κ1) is 19.0. The van der Waals surface area contributed by atoms with Gasteiger partial charge in [-0.15, -0.1) is 0 Å². The van der Waals surface area contributed by atoms with E-state index in [0.717, 1.165) is 19.6 Å². The van der Waals surface area contributed by atoms with Crippen LogP contribution in [0.5, 0.6) is 0 Å². The second-order valence-electron chi connectivity index (χ2n) is 6.99. The Morgan fingerprint density at radius 3 is 2.27 bits per heavy atom. The van der Waals surface area contributed by atoms with Crippen LogP contribution in [-0.2, 0) is 22.3 Å². The van der Waals surface area contributed by atoms with E-state index in [-0.39, 0.29) is 11.6 Å². The van der Waals surface area contributed by atoms with E-state index in [0.29, 0.717) is 18.7 Å². The maximum absolute atomic E-state index is 13.0. The van der Waals surface area contributed by atoms with Crippen LogP contribution in [0.2, 0.25) is 0 Å². The van der Waals surface area contributed by atoms with E-state index in [2.05, 4.69) is 36.9 Å². The minimum atomic E-state index is -3.38. The third kappa shape index (κ3) is 4.69. The minimum Gasteiger partial charge on any atom is -0.296 e. The van der Waals surface area contributed by atoms with Crippen molar-refractivity contribution in [2.45, 2.75) is 26.1 Å². The van der Waals surface area contributed by atoms with Crippen LogP contribution in [0.15, 0.2) is 42.5 Å². The molecule has 1 saturated heterocycles. The standard InChI is InChI=1S/C20H25FN2O2S/c1-16-3-4-17(2)19(13-16)14-22-9-11-23(12-10-22)26(24,25)15-18-5-7-20(21)8-6-18/h3-8,13H,9-12,14-15H2,1-2H3. The van der Waals surface area contributed by atoms with Crippen molar-refractivity contribution in [1.82, 2.24) is 9.21 Å². The van der Waals surface area contributed by atoms with Crippen molar-refractivity contribution in [2.24, 2.45) is 0 Å². The van der Waals surface area contributed by atoms with Crippen LogP contribution >= 0.6 is 0 Å². The van der Waals surface area contributed by atoms with Gasteiger partial charge >= 0.3 is 0 Å². The lowest BCUT2D eigenvalue weighted by Crippen LogP contribution is -2.48. The quantitative estimate of drug-likeness (QED) is 0.805. The highest BCUT2D eigenvalue weighted by molar-refractivity contribution is 7.88. The van der Waals surface area contributed by atoms with Gasteiger partial charge in [0, 0.05) is 32.7 Å². The SMILES string of the molecule is Cc1ccc(C)c(CN2CCN(S(=O)(=O)Cc3ccc(F)cc3)CC2)c1. The molecule has 0 atom stereocenters. The second kappa shape index (κ2) is 7.86. The summed E-state index contributed by atoms with van der Waals surface area (Å²) in [7, 11) is -3.38. The van der Waals surface area contributed by atoms with Gasteiger partial charge in [0.1, 0.15) is 5.82 Å². The average Bonchev–Trinajstić information content (AvgIpc) is 2.60. The lowest BCUT2D eigenvalue weighted by molar-refractivity contribution is 0.181. The van der Waals surface area contributed by atoms with E-state index in [4.69, 9.17) is 0 Å². The molecule has 0 radical (unpaired) electrons. The van der Waals surface area contributed by atoms with Crippen LogP contribution in [0.3, 0.4) is 0 Å². The first-order valence-electron chi connectivity index (χ1n) is 8.84. The van der Waals surface area contributed by atoms with Gasteiger partial charge in [0.2, 0.25) is 10.0 Å². The summed E-state index contributed by atoms with van der Waals surface area (Å²) in [6, 6.07) is 12.1. The lowest BCUT2D eigenvalue weighted by Gasteiger charge is -2.34. The van der Waals surface area contributed by atoms with Gasteiger partial charge in [-0.3, -0.25) is 4.90 Å². The number of aryl methyl sites for hydroxylation is 2. The van der Waals surface area contributed by atoms with E-state index >= 15 is 0 Å². The van der Waals surface area contributed by atoms with Crippen LogP contribution < -0.4 is 0 Å². The third-order valence-corrected chi connectivity index (χ3v) is 6.74. The van der Waals surface area contributed by atoms with Gasteiger partial charge in [0.25, 0.3) is 0 Å². The predicted octanol–water partition coefficient (Wildman–Crippen LogP) is 3.09. The van der Waals surface area contributed by atoms with Crippen molar-refractivity contribution in [1.29, 1.82) is 0 Å². The van der Waals surface area contributed by atoms with Gasteiger partial charge < -0.3 is 0 Å². The Kier molecular flexibility index (Phi) is 5.75. The second-order valence-corrected chi connectivity index (χ2v) is 8.96. The van der Waals surface area contributed by atoms with Crippen molar-refractivity contribution in [3.8, 4) is 0 Å². The summed E-state index contributed by atoms with van der Waals surface area (Å²) in [6.45, 7) is 7.47. The van der Waals surface area contributed by atoms with Crippen LogP contribution in [0.1, 0.15) is 22.3 Å². The lowest BCUT2D eigenvalue weighted by atomic mass is 10.1. The monoisotopic (exact) mass is 376 g/mol. The molecule has 1 aliphatic rings. The van der Waals surface area contributed by atoms with Gasteiger partial charge in [-0.25, -0.2) is 12.8 Å². The molecule has 26 heavy (non-hydrogen) atoms. The van der Waals surface area contributed by atoms with Crippen molar-refractivity contribution in [3.05, 3.63) is 70.5 Å². The number of rotatable bonds is 5. The first-order chi connectivity index (χ1) is 12.3. The van der Waals surface area contributed by atoms with Crippen molar-refractivity contribution < 1.29 is 12.8 Å². The summed E-state index contributed by atoms with van der Waals surface area (Å²) in [5.74, 6) is -0.434. The molecular weight excluding hydrogens is 351 g/mol. The van der Waals surface area contributed by atoms with Crippen LogP contribution in [0, 0.1) is 19.7 Å². The Labute approximate surface area is 155 Å². The van der Waals surface area contributed by atoms with E-state index in [1.165, 1.54) is 41.0 Å². The molecule has 1 aliphatic heterocycles. The average molecular weight is 376 g/mol. The molecule has 0 unspecified atom stereocenters. The molecule has 0 spiro atoms. The predicted molar refractivity (Wildman–Crippen MR) is 102 cm³/mol. The summed E-state index contributed by atoms with van der Waals surface area (Å²) in [4.78, 5) is 2.30. The van der Waals surface area contributed by atoms with Gasteiger partial charge in [-0.1, -0.05) is 35.9 Å². The number of hydrogen-bond acceptors (Lipinski definition) is 3. The zero-order valence-electron chi connectivity index (χ0n) is 15.3. The highest BCUT2D eigenvalue weighted by Crippen LogP contribution is 2.17. The molecule has 0 amide bonds. The Bertz CT molecular complexity index is 858. The number of piperazine rings is 1. The summed E-state index contributed by atoms with van der Waals surface area (Å²) in [5.41, 5.74) is 4.42. The molecule has 4 nitrogen and oxygen atoms in total. The normalized spacial score (nSPS) is 16.7. The van der Waals surface area contributed by atoms with Crippen molar-refractivity contribution >= 4 is 10.0 Å². The Balaban J connectivity index is 1.58. The fourth-order valence-corrected chi connectivity index (χ4v) is 4.78. The van der Waals surface area contributed by atoms with Crippen molar-refractivity contribution in [2.75, 3.05) is 26.2 Å². The van der Waals surface area contributed by atoms with Gasteiger partial charge in [0.15, 0.2) is 0 Å². The maximum atomic E-state index is 13.0.